The number of hydrogen-bond acceptors (Lipinski definition) is 2. The highest BCUT2D eigenvalue weighted by Gasteiger charge is 1.83. The molecule has 0 radical (unpaired) electrons. The van der Waals surface area contributed by atoms with Gasteiger partial charge in [0.15, 0.2) is 0 Å². The molecule has 0 aliphatic carbocycles. The molecular weight excluding hydrogens is 176 g/mol. The summed E-state index contributed by atoms with van der Waals surface area (Å²) in [5.41, 5.74) is 2.74. The van der Waals surface area contributed by atoms with Crippen LogP contribution in [-0.4, -0.2) is 23.4 Å². The topological polar surface area (TPSA) is 40.5 Å². The Kier molecular flexibility index (Phi) is 8.19. The SMILES string of the molecule is Cc1ccccc1C.OCCCCO. The molecule has 0 saturated carbocycles. The Morgan fingerprint density at radius 3 is 1.43 bits per heavy atom. The summed E-state index contributed by atoms with van der Waals surface area (Å²) in [7, 11) is 0. The fraction of sp³-hybridized carbons (Fsp3) is 0.500. The third-order valence-corrected chi connectivity index (χ3v) is 1.99. The largest absolute Gasteiger partial charge is 0.396 e. The van der Waals surface area contributed by atoms with Gasteiger partial charge in [0.2, 0.25) is 0 Å². The quantitative estimate of drug-likeness (QED) is 0.726. The van der Waals surface area contributed by atoms with Crippen molar-refractivity contribution in [1.29, 1.82) is 0 Å². The van der Waals surface area contributed by atoms with Crippen LogP contribution in [0.15, 0.2) is 24.3 Å². The van der Waals surface area contributed by atoms with Gasteiger partial charge in [0.1, 0.15) is 0 Å². The molecule has 0 atom stereocenters. The van der Waals surface area contributed by atoms with Crippen LogP contribution in [0.1, 0.15) is 24.0 Å². The van der Waals surface area contributed by atoms with E-state index < -0.39 is 0 Å². The average molecular weight is 196 g/mol. The van der Waals surface area contributed by atoms with Crippen molar-refractivity contribution < 1.29 is 10.2 Å². The fourth-order valence-electron chi connectivity index (χ4n) is 0.886. The first-order valence-electron chi connectivity index (χ1n) is 4.96. The molecule has 0 aromatic heterocycles. The fourth-order valence-corrected chi connectivity index (χ4v) is 0.886. The van der Waals surface area contributed by atoms with Gasteiger partial charge in [-0.15, -0.1) is 0 Å². The van der Waals surface area contributed by atoms with E-state index in [0.29, 0.717) is 0 Å². The number of aryl methyl sites for hydroxylation is 2. The Hall–Kier alpha value is -0.860. The van der Waals surface area contributed by atoms with Crippen LogP contribution < -0.4 is 0 Å². The van der Waals surface area contributed by atoms with Crippen molar-refractivity contribution in [3.63, 3.8) is 0 Å². The lowest BCUT2D eigenvalue weighted by atomic mass is 10.1. The molecule has 0 aliphatic rings. The number of aliphatic hydroxyl groups excluding tert-OH is 2. The molecule has 0 aliphatic heterocycles. The summed E-state index contributed by atoms with van der Waals surface area (Å²) < 4.78 is 0. The highest BCUT2D eigenvalue weighted by molar-refractivity contribution is 5.23. The zero-order chi connectivity index (χ0) is 10.8. The molecule has 0 fully saturated rings. The Labute approximate surface area is 86.2 Å². The second-order valence-corrected chi connectivity index (χ2v) is 3.24. The highest BCUT2D eigenvalue weighted by Crippen LogP contribution is 2.02. The van der Waals surface area contributed by atoms with E-state index in [1.807, 2.05) is 0 Å². The zero-order valence-corrected chi connectivity index (χ0v) is 9.03. The van der Waals surface area contributed by atoms with Crippen LogP contribution in [0.25, 0.3) is 0 Å². The number of hydrogen-bond donors (Lipinski definition) is 2. The van der Waals surface area contributed by atoms with Crippen LogP contribution in [0, 0.1) is 13.8 Å². The van der Waals surface area contributed by atoms with Gasteiger partial charge in [-0.2, -0.15) is 0 Å². The number of unbranched alkanes of at least 4 members (excludes halogenated alkanes) is 1. The van der Waals surface area contributed by atoms with Crippen molar-refractivity contribution in [2.45, 2.75) is 26.7 Å². The van der Waals surface area contributed by atoms with Crippen molar-refractivity contribution in [2.75, 3.05) is 13.2 Å². The summed E-state index contributed by atoms with van der Waals surface area (Å²) in [6, 6.07) is 8.36. The minimum atomic E-state index is 0.195. The molecule has 1 aromatic carbocycles. The van der Waals surface area contributed by atoms with Gasteiger partial charge in [0.25, 0.3) is 0 Å². The van der Waals surface area contributed by atoms with Gasteiger partial charge in [-0.1, -0.05) is 24.3 Å². The van der Waals surface area contributed by atoms with E-state index in [1.165, 1.54) is 11.1 Å². The summed E-state index contributed by atoms with van der Waals surface area (Å²) >= 11 is 0. The van der Waals surface area contributed by atoms with Gasteiger partial charge in [-0.25, -0.2) is 0 Å². The maximum Gasteiger partial charge on any atom is 0.0431 e. The maximum atomic E-state index is 8.09. The number of rotatable bonds is 3. The van der Waals surface area contributed by atoms with Crippen molar-refractivity contribution in [1.82, 2.24) is 0 Å². The maximum absolute atomic E-state index is 8.09. The third kappa shape index (κ3) is 6.63. The summed E-state index contributed by atoms with van der Waals surface area (Å²) in [4.78, 5) is 0. The normalized spacial score (nSPS) is 9.14. The van der Waals surface area contributed by atoms with Crippen LogP contribution in [0.5, 0.6) is 0 Å². The lowest BCUT2D eigenvalue weighted by Gasteiger charge is -1.93. The second-order valence-electron chi connectivity index (χ2n) is 3.24. The van der Waals surface area contributed by atoms with E-state index in [2.05, 4.69) is 38.1 Å². The van der Waals surface area contributed by atoms with Crippen LogP contribution in [0.3, 0.4) is 0 Å². The van der Waals surface area contributed by atoms with Crippen molar-refractivity contribution >= 4 is 0 Å². The predicted octanol–water partition coefficient (Wildman–Crippen LogP) is 2.05. The predicted molar refractivity (Wildman–Crippen MR) is 59.3 cm³/mol. The van der Waals surface area contributed by atoms with E-state index >= 15 is 0 Å². The first-order valence-corrected chi connectivity index (χ1v) is 4.96. The van der Waals surface area contributed by atoms with Gasteiger partial charge in [-0.05, 0) is 37.8 Å². The van der Waals surface area contributed by atoms with E-state index in [9.17, 15) is 0 Å². The van der Waals surface area contributed by atoms with Gasteiger partial charge in [0, 0.05) is 13.2 Å². The molecule has 2 heteroatoms. The molecule has 0 bridgehead atoms. The Morgan fingerprint density at radius 2 is 1.21 bits per heavy atom. The lowest BCUT2D eigenvalue weighted by Crippen LogP contribution is -1.85. The molecule has 80 valence electrons. The molecule has 2 nitrogen and oxygen atoms in total. The average Bonchev–Trinajstić information content (AvgIpc) is 2.20. The second kappa shape index (κ2) is 8.73. The molecule has 1 rings (SSSR count). The smallest absolute Gasteiger partial charge is 0.0431 e. The summed E-state index contributed by atoms with van der Waals surface area (Å²) in [5.74, 6) is 0. The summed E-state index contributed by atoms with van der Waals surface area (Å²) in [5, 5.41) is 16.2. The Balaban J connectivity index is 0.000000255. The molecule has 0 spiro atoms. The molecule has 2 N–H and O–H groups in total. The Bertz CT molecular complexity index is 209. The molecule has 0 amide bonds. The van der Waals surface area contributed by atoms with Gasteiger partial charge >= 0.3 is 0 Å². The van der Waals surface area contributed by atoms with Crippen molar-refractivity contribution in [3.05, 3.63) is 35.4 Å². The molecule has 0 heterocycles. The molecule has 1 aromatic rings. The van der Waals surface area contributed by atoms with Crippen LogP contribution >= 0.6 is 0 Å². The minimum absolute atomic E-state index is 0.195. The zero-order valence-electron chi connectivity index (χ0n) is 9.03. The van der Waals surface area contributed by atoms with Gasteiger partial charge in [-0.3, -0.25) is 0 Å². The third-order valence-electron chi connectivity index (χ3n) is 1.99. The van der Waals surface area contributed by atoms with Crippen LogP contribution in [-0.2, 0) is 0 Å². The van der Waals surface area contributed by atoms with Crippen molar-refractivity contribution in [2.24, 2.45) is 0 Å². The van der Waals surface area contributed by atoms with Gasteiger partial charge < -0.3 is 10.2 Å². The first-order chi connectivity index (χ1) is 6.72. The van der Waals surface area contributed by atoms with Crippen LogP contribution in [0.4, 0.5) is 0 Å². The molecule has 0 unspecified atom stereocenters. The Morgan fingerprint density at radius 1 is 0.857 bits per heavy atom. The standard InChI is InChI=1S/C8H10.C4H10O2/c1-7-5-3-4-6-8(7)2;5-3-1-2-4-6/h3-6H,1-2H3;5-6H,1-4H2. The molecule has 0 saturated heterocycles. The monoisotopic (exact) mass is 196 g/mol. The molecular formula is C12H20O2. The number of aliphatic hydroxyl groups is 2. The van der Waals surface area contributed by atoms with Crippen molar-refractivity contribution in [3.8, 4) is 0 Å². The van der Waals surface area contributed by atoms with Gasteiger partial charge in [0.05, 0.1) is 0 Å². The molecule has 14 heavy (non-hydrogen) atoms. The summed E-state index contributed by atoms with van der Waals surface area (Å²) in [6.45, 7) is 4.63. The summed E-state index contributed by atoms with van der Waals surface area (Å²) in [6.07, 6.45) is 1.44. The van der Waals surface area contributed by atoms with E-state index in [1.54, 1.807) is 0 Å². The minimum Gasteiger partial charge on any atom is -0.396 e. The van der Waals surface area contributed by atoms with E-state index in [0.717, 1.165) is 12.8 Å². The number of benzene rings is 1. The van der Waals surface area contributed by atoms with Crippen LogP contribution in [0.2, 0.25) is 0 Å². The highest BCUT2D eigenvalue weighted by atomic mass is 16.3. The van der Waals surface area contributed by atoms with E-state index in [4.69, 9.17) is 10.2 Å². The lowest BCUT2D eigenvalue weighted by molar-refractivity contribution is 0.242. The van der Waals surface area contributed by atoms with E-state index in [-0.39, 0.29) is 13.2 Å². The first kappa shape index (κ1) is 13.1.